The number of ether oxygens (including phenoxy) is 1. The van der Waals surface area contributed by atoms with Gasteiger partial charge in [0, 0.05) is 0 Å². The zero-order chi connectivity index (χ0) is 13.1. The maximum atomic E-state index is 5.70. The van der Waals surface area contributed by atoms with E-state index in [9.17, 15) is 0 Å². The highest BCUT2D eigenvalue weighted by molar-refractivity contribution is 5.27. The van der Waals surface area contributed by atoms with Gasteiger partial charge in [0.25, 0.3) is 0 Å². The molecule has 0 saturated carbocycles. The number of aryl methyl sites for hydroxylation is 1. The summed E-state index contributed by atoms with van der Waals surface area (Å²) in [5, 5.41) is 3.47. The minimum absolute atomic E-state index is 0.820. The predicted molar refractivity (Wildman–Crippen MR) is 78.3 cm³/mol. The summed E-state index contributed by atoms with van der Waals surface area (Å²) in [5.41, 5.74) is 1.25. The molecule has 1 N–H and O–H groups in total. The van der Waals surface area contributed by atoms with Crippen LogP contribution in [-0.4, -0.2) is 19.7 Å². The first-order valence-corrected chi connectivity index (χ1v) is 7.23. The highest BCUT2D eigenvalue weighted by atomic mass is 16.5. The Morgan fingerprint density at radius 3 is 2.56 bits per heavy atom. The van der Waals surface area contributed by atoms with Crippen LogP contribution in [0.25, 0.3) is 0 Å². The Kier molecular flexibility index (Phi) is 8.32. The summed E-state index contributed by atoms with van der Waals surface area (Å²) in [6.45, 7) is 7.42. The molecule has 0 atom stereocenters. The molecule has 18 heavy (non-hydrogen) atoms. The topological polar surface area (TPSA) is 21.3 Å². The number of unbranched alkanes of at least 4 members (excludes halogenated alkanes) is 3. The summed E-state index contributed by atoms with van der Waals surface area (Å²) < 4.78 is 5.70. The minimum Gasteiger partial charge on any atom is -0.494 e. The monoisotopic (exact) mass is 249 g/mol. The fourth-order valence-electron chi connectivity index (χ4n) is 1.87. The van der Waals surface area contributed by atoms with Crippen molar-refractivity contribution < 1.29 is 4.74 Å². The van der Waals surface area contributed by atoms with E-state index in [2.05, 4.69) is 31.3 Å². The maximum absolute atomic E-state index is 5.70. The van der Waals surface area contributed by atoms with Crippen molar-refractivity contribution in [1.29, 1.82) is 0 Å². The van der Waals surface area contributed by atoms with Crippen LogP contribution in [0.4, 0.5) is 0 Å². The second-order valence-electron chi connectivity index (χ2n) is 4.83. The molecule has 0 heterocycles. The molecule has 0 radical (unpaired) electrons. The van der Waals surface area contributed by atoms with Crippen molar-refractivity contribution >= 4 is 0 Å². The quantitative estimate of drug-likeness (QED) is 0.634. The summed E-state index contributed by atoms with van der Waals surface area (Å²) in [4.78, 5) is 0. The molecule has 0 unspecified atom stereocenters. The largest absolute Gasteiger partial charge is 0.494 e. The van der Waals surface area contributed by atoms with Crippen LogP contribution in [0.15, 0.2) is 24.3 Å². The van der Waals surface area contributed by atoms with E-state index in [4.69, 9.17) is 4.74 Å². The van der Waals surface area contributed by atoms with Crippen LogP contribution in [-0.2, 0) is 0 Å². The average Bonchev–Trinajstić information content (AvgIpc) is 2.37. The molecule has 0 aliphatic carbocycles. The lowest BCUT2D eigenvalue weighted by molar-refractivity contribution is 0.305. The second kappa shape index (κ2) is 9.95. The first-order valence-electron chi connectivity index (χ1n) is 7.23. The Bertz CT molecular complexity index is 312. The molecule has 0 aliphatic rings. The first-order chi connectivity index (χ1) is 8.83. The van der Waals surface area contributed by atoms with Gasteiger partial charge >= 0.3 is 0 Å². The summed E-state index contributed by atoms with van der Waals surface area (Å²) in [5.74, 6) is 0.992. The van der Waals surface area contributed by atoms with Crippen LogP contribution in [0.5, 0.6) is 5.75 Å². The van der Waals surface area contributed by atoms with E-state index in [-0.39, 0.29) is 0 Å². The standard InChI is InChI=1S/C16H27NO/c1-3-4-5-11-17-12-6-7-13-18-16-10-8-9-15(2)14-16/h8-10,14,17H,3-7,11-13H2,1-2H3. The Balaban J connectivity index is 1.92. The van der Waals surface area contributed by atoms with Crippen molar-refractivity contribution in [2.75, 3.05) is 19.7 Å². The van der Waals surface area contributed by atoms with Gasteiger partial charge in [-0.1, -0.05) is 31.9 Å². The van der Waals surface area contributed by atoms with Gasteiger partial charge in [0.15, 0.2) is 0 Å². The van der Waals surface area contributed by atoms with Crippen LogP contribution in [0.2, 0.25) is 0 Å². The number of hydrogen-bond acceptors (Lipinski definition) is 2. The first kappa shape index (κ1) is 15.0. The third-order valence-electron chi connectivity index (χ3n) is 2.96. The van der Waals surface area contributed by atoms with Gasteiger partial charge in [-0.3, -0.25) is 0 Å². The van der Waals surface area contributed by atoms with Crippen molar-refractivity contribution in [1.82, 2.24) is 5.32 Å². The van der Waals surface area contributed by atoms with E-state index in [0.717, 1.165) is 31.9 Å². The van der Waals surface area contributed by atoms with E-state index < -0.39 is 0 Å². The van der Waals surface area contributed by atoms with Gasteiger partial charge in [-0.05, 0) is 57.0 Å². The molecule has 0 aromatic heterocycles. The van der Waals surface area contributed by atoms with Crippen LogP contribution in [0.1, 0.15) is 44.6 Å². The van der Waals surface area contributed by atoms with E-state index in [1.165, 1.54) is 31.2 Å². The van der Waals surface area contributed by atoms with Gasteiger partial charge in [-0.25, -0.2) is 0 Å². The zero-order valence-electron chi connectivity index (χ0n) is 11.9. The summed E-state index contributed by atoms with van der Waals surface area (Å²) in [6.07, 6.45) is 6.25. The highest BCUT2D eigenvalue weighted by Gasteiger charge is 1.94. The minimum atomic E-state index is 0.820. The molecule has 2 nitrogen and oxygen atoms in total. The lowest BCUT2D eigenvalue weighted by atomic mass is 10.2. The molecule has 0 spiro atoms. The zero-order valence-corrected chi connectivity index (χ0v) is 11.9. The number of rotatable bonds is 10. The van der Waals surface area contributed by atoms with Gasteiger partial charge in [0.1, 0.15) is 5.75 Å². The molecule has 1 aromatic carbocycles. The van der Waals surface area contributed by atoms with Crippen molar-refractivity contribution in [3.63, 3.8) is 0 Å². The van der Waals surface area contributed by atoms with Gasteiger partial charge in [0.2, 0.25) is 0 Å². The molecule has 1 aromatic rings. The molecule has 0 bridgehead atoms. The summed E-state index contributed by atoms with van der Waals surface area (Å²) in [7, 11) is 0. The van der Waals surface area contributed by atoms with E-state index in [1.54, 1.807) is 0 Å². The smallest absolute Gasteiger partial charge is 0.119 e. The van der Waals surface area contributed by atoms with Gasteiger partial charge in [-0.2, -0.15) is 0 Å². The number of hydrogen-bond donors (Lipinski definition) is 1. The molecule has 0 fully saturated rings. The molecule has 1 rings (SSSR count). The Morgan fingerprint density at radius 2 is 1.83 bits per heavy atom. The fourth-order valence-corrected chi connectivity index (χ4v) is 1.87. The van der Waals surface area contributed by atoms with Gasteiger partial charge in [0.05, 0.1) is 6.61 Å². The van der Waals surface area contributed by atoms with Crippen molar-refractivity contribution in [2.45, 2.75) is 46.0 Å². The fraction of sp³-hybridized carbons (Fsp3) is 0.625. The molecule has 0 saturated heterocycles. The SMILES string of the molecule is CCCCCNCCCCOc1cccc(C)c1. The molecule has 0 amide bonds. The molecule has 102 valence electrons. The third-order valence-corrected chi connectivity index (χ3v) is 2.96. The Hall–Kier alpha value is -1.02. The van der Waals surface area contributed by atoms with Gasteiger partial charge in [-0.15, -0.1) is 0 Å². The third kappa shape index (κ3) is 7.33. The molecular weight excluding hydrogens is 222 g/mol. The van der Waals surface area contributed by atoms with Crippen molar-refractivity contribution in [3.05, 3.63) is 29.8 Å². The van der Waals surface area contributed by atoms with Crippen LogP contribution >= 0.6 is 0 Å². The van der Waals surface area contributed by atoms with E-state index >= 15 is 0 Å². The lowest BCUT2D eigenvalue weighted by Crippen LogP contribution is -2.17. The predicted octanol–water partition coefficient (Wildman–Crippen LogP) is 3.93. The lowest BCUT2D eigenvalue weighted by Gasteiger charge is -2.07. The summed E-state index contributed by atoms with van der Waals surface area (Å²) in [6, 6.07) is 8.24. The highest BCUT2D eigenvalue weighted by Crippen LogP contribution is 2.12. The van der Waals surface area contributed by atoms with Crippen LogP contribution < -0.4 is 10.1 Å². The average molecular weight is 249 g/mol. The molecule has 2 heteroatoms. The summed E-state index contributed by atoms with van der Waals surface area (Å²) >= 11 is 0. The maximum Gasteiger partial charge on any atom is 0.119 e. The Labute approximate surface area is 112 Å². The molecular formula is C16H27NO. The molecule has 0 aliphatic heterocycles. The number of nitrogens with one attached hydrogen (secondary N) is 1. The number of benzene rings is 1. The van der Waals surface area contributed by atoms with Crippen LogP contribution in [0, 0.1) is 6.92 Å². The second-order valence-corrected chi connectivity index (χ2v) is 4.83. The van der Waals surface area contributed by atoms with E-state index in [0.29, 0.717) is 0 Å². The Morgan fingerprint density at radius 1 is 1.06 bits per heavy atom. The normalized spacial score (nSPS) is 10.6. The van der Waals surface area contributed by atoms with Crippen LogP contribution in [0.3, 0.4) is 0 Å². The van der Waals surface area contributed by atoms with E-state index in [1.807, 2.05) is 12.1 Å². The van der Waals surface area contributed by atoms with Crippen molar-refractivity contribution in [2.24, 2.45) is 0 Å². The van der Waals surface area contributed by atoms with Crippen molar-refractivity contribution in [3.8, 4) is 5.75 Å². The van der Waals surface area contributed by atoms with Gasteiger partial charge < -0.3 is 10.1 Å².